The van der Waals surface area contributed by atoms with Crippen molar-refractivity contribution >= 4 is 23.3 Å². The molecule has 0 atom stereocenters. The van der Waals surface area contributed by atoms with E-state index < -0.39 is 5.97 Å². The first-order valence-electron chi connectivity index (χ1n) is 10.4. The van der Waals surface area contributed by atoms with E-state index in [0.29, 0.717) is 30.0 Å². The molecule has 2 aromatic carbocycles. The molecule has 162 valence electrons. The highest BCUT2D eigenvalue weighted by molar-refractivity contribution is 5.99. The van der Waals surface area contributed by atoms with Crippen molar-refractivity contribution in [1.82, 2.24) is 0 Å². The van der Waals surface area contributed by atoms with E-state index in [1.165, 1.54) is 0 Å². The molecule has 0 bridgehead atoms. The van der Waals surface area contributed by atoms with Crippen molar-refractivity contribution in [2.75, 3.05) is 24.7 Å². The number of esters is 1. The summed E-state index contributed by atoms with van der Waals surface area (Å²) in [4.78, 5) is 37.9. The number of hydrogen-bond acceptors (Lipinski definition) is 6. The van der Waals surface area contributed by atoms with Gasteiger partial charge in [-0.1, -0.05) is 12.1 Å². The van der Waals surface area contributed by atoms with Gasteiger partial charge in [0.15, 0.2) is 30.5 Å². The molecule has 0 spiro atoms. The predicted octanol–water partition coefficient (Wildman–Crippen LogP) is 3.33. The van der Waals surface area contributed by atoms with Crippen LogP contribution in [0.1, 0.15) is 42.6 Å². The average Bonchev–Trinajstić information content (AvgIpc) is 3.31. The maximum Gasteiger partial charge on any atom is 0.344 e. The number of anilines is 1. The molecule has 1 fully saturated rings. The van der Waals surface area contributed by atoms with Crippen LogP contribution < -0.4 is 14.4 Å². The molecule has 0 N–H and O–H groups in total. The van der Waals surface area contributed by atoms with Crippen LogP contribution in [0.15, 0.2) is 42.5 Å². The molecular formula is C24H25NO6. The van der Waals surface area contributed by atoms with Gasteiger partial charge in [0.2, 0.25) is 5.91 Å². The Morgan fingerprint density at radius 2 is 1.87 bits per heavy atom. The zero-order valence-corrected chi connectivity index (χ0v) is 17.7. The minimum Gasteiger partial charge on any atom is -0.483 e. The molecule has 0 aromatic heterocycles. The minimum atomic E-state index is -0.637. The Bertz CT molecular complexity index is 1010. The largest absolute Gasteiger partial charge is 0.483 e. The topological polar surface area (TPSA) is 82.1 Å². The first-order chi connectivity index (χ1) is 14.8. The number of amides is 1. The average molecular weight is 423 g/mol. The third-order valence-electron chi connectivity index (χ3n) is 5.34. The minimum absolute atomic E-state index is 0.0889. The standard InChI is InChI=1S/C24H25NO6/c1-24(2)13-17-5-3-6-20(23(17)31-24)29-15-22(28)30-14-19(26)16-8-10-18(11-9-16)25-12-4-7-21(25)27/h3,5-6,8-11H,4,7,12-15H2,1-2H3. The summed E-state index contributed by atoms with van der Waals surface area (Å²) in [6, 6.07) is 12.3. The molecule has 2 heterocycles. The maximum atomic E-state index is 12.3. The number of fused-ring (bicyclic) bond motifs is 1. The molecule has 0 unspecified atom stereocenters. The number of Topliss-reactive ketones (excluding diaryl/α,β-unsaturated/α-hetero) is 1. The van der Waals surface area contributed by atoms with Crippen LogP contribution in [0.5, 0.6) is 11.5 Å². The second kappa shape index (κ2) is 8.41. The van der Waals surface area contributed by atoms with Gasteiger partial charge in [0.05, 0.1) is 0 Å². The van der Waals surface area contributed by atoms with Gasteiger partial charge >= 0.3 is 5.97 Å². The van der Waals surface area contributed by atoms with E-state index in [4.69, 9.17) is 14.2 Å². The lowest BCUT2D eigenvalue weighted by atomic mass is 10.0. The second-order valence-corrected chi connectivity index (χ2v) is 8.35. The fraction of sp³-hybridized carbons (Fsp3) is 0.375. The Morgan fingerprint density at radius 3 is 2.58 bits per heavy atom. The molecule has 0 aliphatic carbocycles. The van der Waals surface area contributed by atoms with E-state index in [9.17, 15) is 14.4 Å². The first kappa shape index (κ1) is 20.9. The summed E-state index contributed by atoms with van der Waals surface area (Å²) in [5.74, 6) is 0.262. The molecular weight excluding hydrogens is 398 g/mol. The van der Waals surface area contributed by atoms with E-state index >= 15 is 0 Å². The fourth-order valence-electron chi connectivity index (χ4n) is 3.86. The number of carbonyl (C=O) groups excluding carboxylic acids is 3. The summed E-state index contributed by atoms with van der Waals surface area (Å²) >= 11 is 0. The smallest absolute Gasteiger partial charge is 0.344 e. The van der Waals surface area contributed by atoms with Gasteiger partial charge in [-0.2, -0.15) is 0 Å². The highest BCUT2D eigenvalue weighted by atomic mass is 16.6. The van der Waals surface area contributed by atoms with Crippen molar-refractivity contribution in [1.29, 1.82) is 0 Å². The van der Waals surface area contributed by atoms with E-state index in [1.807, 2.05) is 26.0 Å². The van der Waals surface area contributed by atoms with Gasteiger partial charge in [-0.25, -0.2) is 4.79 Å². The van der Waals surface area contributed by atoms with Gasteiger partial charge in [-0.05, 0) is 50.6 Å². The van der Waals surface area contributed by atoms with Crippen molar-refractivity contribution < 1.29 is 28.6 Å². The number of hydrogen-bond donors (Lipinski definition) is 0. The number of carbonyl (C=O) groups is 3. The molecule has 7 heteroatoms. The highest BCUT2D eigenvalue weighted by Crippen LogP contribution is 2.41. The molecule has 7 nitrogen and oxygen atoms in total. The Morgan fingerprint density at radius 1 is 1.10 bits per heavy atom. The Hall–Kier alpha value is -3.35. The van der Waals surface area contributed by atoms with Crippen LogP contribution >= 0.6 is 0 Å². The van der Waals surface area contributed by atoms with Crippen LogP contribution in [-0.4, -0.2) is 43.0 Å². The lowest BCUT2D eigenvalue weighted by molar-refractivity contribution is -0.144. The summed E-state index contributed by atoms with van der Waals surface area (Å²) in [7, 11) is 0. The molecule has 2 aromatic rings. The zero-order chi connectivity index (χ0) is 22.0. The second-order valence-electron chi connectivity index (χ2n) is 8.35. The summed E-state index contributed by atoms with van der Waals surface area (Å²) in [6.45, 7) is 3.99. The monoisotopic (exact) mass is 423 g/mol. The van der Waals surface area contributed by atoms with Crippen molar-refractivity contribution in [3.63, 3.8) is 0 Å². The molecule has 0 radical (unpaired) electrons. The number of rotatable bonds is 7. The molecule has 1 amide bonds. The number of ether oxygens (including phenoxy) is 3. The van der Waals surface area contributed by atoms with E-state index in [0.717, 1.165) is 24.1 Å². The van der Waals surface area contributed by atoms with E-state index in [2.05, 4.69) is 0 Å². The first-order valence-corrected chi connectivity index (χ1v) is 10.4. The van der Waals surface area contributed by atoms with Crippen LogP contribution in [0.4, 0.5) is 5.69 Å². The van der Waals surface area contributed by atoms with Crippen LogP contribution in [0.25, 0.3) is 0 Å². The summed E-state index contributed by atoms with van der Waals surface area (Å²) in [5.41, 5.74) is 1.91. The highest BCUT2D eigenvalue weighted by Gasteiger charge is 2.32. The quantitative estimate of drug-likeness (QED) is 0.502. The van der Waals surface area contributed by atoms with Crippen molar-refractivity contribution in [3.05, 3.63) is 53.6 Å². The summed E-state index contributed by atoms with van der Waals surface area (Å²) < 4.78 is 16.6. The van der Waals surface area contributed by atoms with Crippen LogP contribution in [0.2, 0.25) is 0 Å². The lowest BCUT2D eigenvalue weighted by Gasteiger charge is -2.18. The molecule has 4 rings (SSSR count). The van der Waals surface area contributed by atoms with Gasteiger partial charge in [-0.15, -0.1) is 0 Å². The third kappa shape index (κ3) is 4.71. The van der Waals surface area contributed by atoms with Crippen molar-refractivity contribution in [2.45, 2.75) is 38.7 Å². The van der Waals surface area contributed by atoms with E-state index in [-0.39, 0.29) is 30.5 Å². The predicted molar refractivity (Wildman–Crippen MR) is 114 cm³/mol. The Kier molecular flexibility index (Phi) is 5.67. The van der Waals surface area contributed by atoms with Crippen LogP contribution in [0.3, 0.4) is 0 Å². The summed E-state index contributed by atoms with van der Waals surface area (Å²) in [5, 5.41) is 0. The number of nitrogens with zero attached hydrogens (tertiary/aromatic N) is 1. The SMILES string of the molecule is CC1(C)Cc2cccc(OCC(=O)OCC(=O)c3ccc(N4CCCC4=O)cc3)c2O1. The van der Waals surface area contributed by atoms with Crippen LogP contribution in [-0.2, 0) is 20.7 Å². The summed E-state index contributed by atoms with van der Waals surface area (Å²) in [6.07, 6.45) is 2.16. The molecule has 1 saturated heterocycles. The molecule has 2 aliphatic heterocycles. The Labute approximate surface area is 180 Å². The lowest BCUT2D eigenvalue weighted by Crippen LogP contribution is -2.25. The van der Waals surface area contributed by atoms with Crippen molar-refractivity contribution in [3.8, 4) is 11.5 Å². The fourth-order valence-corrected chi connectivity index (χ4v) is 3.86. The van der Waals surface area contributed by atoms with Gasteiger partial charge in [0.1, 0.15) is 5.60 Å². The maximum absolute atomic E-state index is 12.3. The molecule has 2 aliphatic rings. The Balaban J connectivity index is 1.27. The van der Waals surface area contributed by atoms with Gasteiger partial charge in [-0.3, -0.25) is 9.59 Å². The van der Waals surface area contributed by atoms with Gasteiger partial charge < -0.3 is 19.1 Å². The van der Waals surface area contributed by atoms with Crippen molar-refractivity contribution in [2.24, 2.45) is 0 Å². The number of benzene rings is 2. The molecule has 31 heavy (non-hydrogen) atoms. The van der Waals surface area contributed by atoms with Gasteiger partial charge in [0.25, 0.3) is 0 Å². The third-order valence-corrected chi connectivity index (χ3v) is 5.34. The zero-order valence-electron chi connectivity index (χ0n) is 17.7. The number of para-hydroxylation sites is 1. The normalized spacial score (nSPS) is 16.6. The van der Waals surface area contributed by atoms with Gasteiger partial charge in [0, 0.05) is 36.2 Å². The van der Waals surface area contributed by atoms with E-state index in [1.54, 1.807) is 35.2 Å². The number of ketones is 1. The van der Waals surface area contributed by atoms with Crippen LogP contribution in [0, 0.1) is 0 Å². The molecule has 0 saturated carbocycles.